The monoisotopic (exact) mass is 348 g/mol. The molecule has 0 atom stereocenters. The lowest BCUT2D eigenvalue weighted by Gasteiger charge is -2.16. The molecule has 0 bridgehead atoms. The predicted molar refractivity (Wildman–Crippen MR) is 108 cm³/mol. The highest BCUT2D eigenvalue weighted by atomic mass is 16.1. The molecule has 0 aliphatic heterocycles. The maximum absolute atomic E-state index is 12.8. The zero-order chi connectivity index (χ0) is 18.7. The third-order valence-electron chi connectivity index (χ3n) is 4.67. The molecule has 0 saturated heterocycles. The normalized spacial score (nSPS) is 11.2. The van der Waals surface area contributed by atoms with Gasteiger partial charge in [-0.25, -0.2) is 9.67 Å². The highest BCUT2D eigenvalue weighted by Crippen LogP contribution is 2.17. The number of hydrogen-bond acceptors (Lipinski definition) is 3. The van der Waals surface area contributed by atoms with E-state index in [-0.39, 0.29) is 5.56 Å². The van der Waals surface area contributed by atoms with Gasteiger partial charge >= 0.3 is 0 Å². The van der Waals surface area contributed by atoms with Crippen molar-refractivity contribution in [1.82, 2.24) is 9.36 Å². The van der Waals surface area contributed by atoms with E-state index in [1.165, 1.54) is 0 Å². The molecule has 0 radical (unpaired) electrons. The fraction of sp³-hybridized carbons (Fsp3) is 0.238. The molecule has 0 N–H and O–H groups in total. The Labute approximate surface area is 153 Å². The molecule has 134 valence electrons. The Morgan fingerprint density at radius 3 is 2.35 bits per heavy atom. The number of hydrogen-bond donors (Lipinski definition) is 0. The summed E-state index contributed by atoms with van der Waals surface area (Å²) in [5.74, 6) is 0. The van der Waals surface area contributed by atoms with Crippen molar-refractivity contribution in [3.63, 3.8) is 0 Å². The van der Waals surface area contributed by atoms with E-state index in [0.29, 0.717) is 5.69 Å². The van der Waals surface area contributed by atoms with Crippen LogP contribution < -0.4 is 10.5 Å². The standard InChI is InChI=1S/C21H24N4O/c1-5-23(3)18-13-11-17(12-14-18)15-22-20-16(2)24(4)25(21(20)26)19-9-7-6-8-10-19/h6-15H,5H2,1-4H3. The lowest BCUT2D eigenvalue weighted by molar-refractivity contribution is 0.630. The Morgan fingerprint density at radius 1 is 1.08 bits per heavy atom. The molecule has 26 heavy (non-hydrogen) atoms. The van der Waals surface area contributed by atoms with Gasteiger partial charge in [-0.2, -0.15) is 0 Å². The topological polar surface area (TPSA) is 42.5 Å². The average Bonchev–Trinajstić information content (AvgIpc) is 2.89. The van der Waals surface area contributed by atoms with Gasteiger partial charge in [0.2, 0.25) is 0 Å². The average molecular weight is 348 g/mol. The zero-order valence-corrected chi connectivity index (χ0v) is 15.7. The molecule has 0 aliphatic rings. The minimum Gasteiger partial charge on any atom is -0.375 e. The van der Waals surface area contributed by atoms with Gasteiger partial charge in [-0.05, 0) is 43.7 Å². The summed E-state index contributed by atoms with van der Waals surface area (Å²) in [5.41, 5.74) is 4.13. The number of benzene rings is 2. The first kappa shape index (κ1) is 17.7. The van der Waals surface area contributed by atoms with Crippen LogP contribution in [0.4, 0.5) is 11.4 Å². The third kappa shape index (κ3) is 3.33. The van der Waals surface area contributed by atoms with E-state index in [1.54, 1.807) is 10.9 Å². The lowest BCUT2D eigenvalue weighted by atomic mass is 10.2. The first-order chi connectivity index (χ1) is 12.5. The van der Waals surface area contributed by atoms with Crippen LogP contribution in [0.1, 0.15) is 18.2 Å². The van der Waals surface area contributed by atoms with Crippen molar-refractivity contribution in [1.29, 1.82) is 0 Å². The smallest absolute Gasteiger partial charge is 0.297 e. The van der Waals surface area contributed by atoms with Gasteiger partial charge in [-0.1, -0.05) is 30.3 Å². The van der Waals surface area contributed by atoms with Gasteiger partial charge in [0, 0.05) is 32.5 Å². The van der Waals surface area contributed by atoms with Gasteiger partial charge in [0.05, 0.1) is 11.4 Å². The van der Waals surface area contributed by atoms with Gasteiger partial charge in [0.15, 0.2) is 5.69 Å². The Morgan fingerprint density at radius 2 is 1.73 bits per heavy atom. The Kier molecular flexibility index (Phi) is 5.07. The molecule has 0 saturated carbocycles. The summed E-state index contributed by atoms with van der Waals surface area (Å²) in [6, 6.07) is 17.7. The van der Waals surface area contributed by atoms with Crippen molar-refractivity contribution >= 4 is 17.6 Å². The van der Waals surface area contributed by atoms with Crippen LogP contribution in [0.25, 0.3) is 5.69 Å². The van der Waals surface area contributed by atoms with Crippen LogP contribution >= 0.6 is 0 Å². The number of nitrogens with zero attached hydrogens (tertiary/aromatic N) is 4. The molecule has 1 heterocycles. The second-order valence-corrected chi connectivity index (χ2v) is 6.27. The number of para-hydroxylation sites is 1. The quantitative estimate of drug-likeness (QED) is 0.660. The number of rotatable bonds is 5. The molecule has 0 fully saturated rings. The first-order valence-corrected chi connectivity index (χ1v) is 8.72. The van der Waals surface area contributed by atoms with E-state index in [4.69, 9.17) is 0 Å². The molecule has 0 aliphatic carbocycles. The summed E-state index contributed by atoms with van der Waals surface area (Å²) in [7, 11) is 3.93. The predicted octanol–water partition coefficient (Wildman–Crippen LogP) is 3.69. The number of aliphatic imine (C=N–C) groups is 1. The zero-order valence-electron chi connectivity index (χ0n) is 15.7. The molecule has 3 aromatic rings. The van der Waals surface area contributed by atoms with Crippen LogP contribution in [0, 0.1) is 6.92 Å². The Bertz CT molecular complexity index is 966. The maximum Gasteiger partial charge on any atom is 0.297 e. The second kappa shape index (κ2) is 7.44. The van der Waals surface area contributed by atoms with Crippen molar-refractivity contribution in [2.24, 2.45) is 12.0 Å². The summed E-state index contributed by atoms with van der Waals surface area (Å²) in [5, 5.41) is 0. The Balaban J connectivity index is 1.93. The van der Waals surface area contributed by atoms with Crippen LogP contribution in [-0.2, 0) is 7.05 Å². The molecule has 1 aromatic heterocycles. The molecule has 0 unspecified atom stereocenters. The van der Waals surface area contributed by atoms with Crippen LogP contribution in [0.3, 0.4) is 0 Å². The van der Waals surface area contributed by atoms with Crippen molar-refractivity contribution in [3.05, 3.63) is 76.2 Å². The van der Waals surface area contributed by atoms with E-state index in [1.807, 2.05) is 61.1 Å². The molecule has 0 amide bonds. The van der Waals surface area contributed by atoms with Crippen molar-refractivity contribution in [3.8, 4) is 5.69 Å². The van der Waals surface area contributed by atoms with Crippen LogP contribution in [0.2, 0.25) is 0 Å². The summed E-state index contributed by atoms with van der Waals surface area (Å²) < 4.78 is 3.48. The Hall–Kier alpha value is -3.08. The molecule has 0 spiro atoms. The van der Waals surface area contributed by atoms with Crippen molar-refractivity contribution < 1.29 is 0 Å². The van der Waals surface area contributed by atoms with Crippen molar-refractivity contribution in [2.75, 3.05) is 18.5 Å². The van der Waals surface area contributed by atoms with E-state index in [9.17, 15) is 4.79 Å². The molecular formula is C21H24N4O. The molecule has 2 aromatic carbocycles. The van der Waals surface area contributed by atoms with Gasteiger partial charge in [0.25, 0.3) is 5.56 Å². The van der Waals surface area contributed by atoms with E-state index >= 15 is 0 Å². The minimum atomic E-state index is -0.116. The van der Waals surface area contributed by atoms with E-state index in [0.717, 1.165) is 29.2 Å². The number of anilines is 1. The lowest BCUT2D eigenvalue weighted by Crippen LogP contribution is -2.19. The summed E-state index contributed by atoms with van der Waals surface area (Å²) >= 11 is 0. The first-order valence-electron chi connectivity index (χ1n) is 8.72. The SMILES string of the molecule is CCN(C)c1ccc(C=Nc2c(C)n(C)n(-c3ccccc3)c2=O)cc1. The third-order valence-corrected chi connectivity index (χ3v) is 4.67. The highest BCUT2D eigenvalue weighted by Gasteiger charge is 2.14. The molecule has 5 heteroatoms. The highest BCUT2D eigenvalue weighted by molar-refractivity contribution is 5.82. The van der Waals surface area contributed by atoms with E-state index in [2.05, 4.69) is 36.0 Å². The number of aromatic nitrogens is 2. The van der Waals surface area contributed by atoms with Gasteiger partial charge in [-0.3, -0.25) is 9.48 Å². The fourth-order valence-corrected chi connectivity index (χ4v) is 2.84. The van der Waals surface area contributed by atoms with Gasteiger partial charge < -0.3 is 4.90 Å². The molecule has 3 rings (SSSR count). The van der Waals surface area contributed by atoms with Crippen LogP contribution in [-0.4, -0.2) is 29.2 Å². The fourth-order valence-electron chi connectivity index (χ4n) is 2.84. The van der Waals surface area contributed by atoms with Crippen LogP contribution in [0.5, 0.6) is 0 Å². The second-order valence-electron chi connectivity index (χ2n) is 6.27. The van der Waals surface area contributed by atoms with Crippen LogP contribution in [0.15, 0.2) is 64.4 Å². The van der Waals surface area contributed by atoms with E-state index < -0.39 is 0 Å². The largest absolute Gasteiger partial charge is 0.375 e. The van der Waals surface area contributed by atoms with Crippen molar-refractivity contribution in [2.45, 2.75) is 13.8 Å². The summed E-state index contributed by atoms with van der Waals surface area (Å²) in [6.45, 7) is 4.98. The molecular weight excluding hydrogens is 324 g/mol. The molecule has 5 nitrogen and oxygen atoms in total. The maximum atomic E-state index is 12.8. The van der Waals surface area contributed by atoms with Gasteiger partial charge in [0.1, 0.15) is 0 Å². The minimum absolute atomic E-state index is 0.116. The summed E-state index contributed by atoms with van der Waals surface area (Å²) in [4.78, 5) is 19.5. The van der Waals surface area contributed by atoms with Gasteiger partial charge in [-0.15, -0.1) is 0 Å². The summed E-state index contributed by atoms with van der Waals surface area (Å²) in [6.07, 6.45) is 1.74.